The number of benzene rings is 1. The molecule has 3 rings (SSSR count). The second-order valence-corrected chi connectivity index (χ2v) is 5.53. The van der Waals surface area contributed by atoms with Crippen LogP contribution in [0.1, 0.15) is 30.7 Å². The molecule has 1 saturated heterocycles. The summed E-state index contributed by atoms with van der Waals surface area (Å²) < 4.78 is 11.6. The minimum atomic E-state index is 0.109. The van der Waals surface area contributed by atoms with Gasteiger partial charge in [0, 0.05) is 25.2 Å². The van der Waals surface area contributed by atoms with E-state index < -0.39 is 0 Å². The molecule has 22 heavy (non-hydrogen) atoms. The van der Waals surface area contributed by atoms with E-state index in [1.807, 2.05) is 25.1 Å². The standard InChI is InChI=1S/C18H24N2O2/c1-2-21-16-8-4-3-7-15(16)18(17-9-5-14-22-17)20-12-6-10-19-11-13-20/h3-5,7-9,14,18-19H,2,6,10-13H2,1H3. The van der Waals surface area contributed by atoms with Gasteiger partial charge in [-0.15, -0.1) is 0 Å². The number of nitrogens with zero attached hydrogens (tertiary/aromatic N) is 1. The molecule has 1 N–H and O–H groups in total. The molecule has 1 fully saturated rings. The first-order valence-electron chi connectivity index (χ1n) is 8.10. The van der Waals surface area contributed by atoms with Gasteiger partial charge < -0.3 is 14.5 Å². The molecule has 1 unspecified atom stereocenters. The molecule has 1 aromatic carbocycles. The van der Waals surface area contributed by atoms with Gasteiger partial charge in [0.1, 0.15) is 11.5 Å². The molecule has 2 aromatic rings. The molecule has 0 amide bonds. The Kier molecular flexibility index (Phi) is 5.14. The van der Waals surface area contributed by atoms with Crippen LogP contribution < -0.4 is 10.1 Å². The fourth-order valence-electron chi connectivity index (χ4n) is 3.09. The molecule has 0 bridgehead atoms. The molecule has 4 nitrogen and oxygen atoms in total. The summed E-state index contributed by atoms with van der Waals surface area (Å²) in [6.07, 6.45) is 2.90. The van der Waals surface area contributed by atoms with Crippen LogP contribution in [0.3, 0.4) is 0 Å². The first-order valence-corrected chi connectivity index (χ1v) is 8.10. The number of ether oxygens (including phenoxy) is 1. The lowest BCUT2D eigenvalue weighted by atomic mass is 10.0. The third-order valence-corrected chi connectivity index (χ3v) is 4.07. The average Bonchev–Trinajstić information content (AvgIpc) is 2.93. The molecule has 1 atom stereocenters. The third-order valence-electron chi connectivity index (χ3n) is 4.07. The minimum Gasteiger partial charge on any atom is -0.494 e. The Hall–Kier alpha value is -1.78. The summed E-state index contributed by atoms with van der Waals surface area (Å²) in [6, 6.07) is 12.4. The van der Waals surface area contributed by atoms with E-state index in [1.165, 1.54) is 5.56 Å². The molecule has 4 heteroatoms. The van der Waals surface area contributed by atoms with E-state index in [9.17, 15) is 0 Å². The van der Waals surface area contributed by atoms with Crippen LogP contribution >= 0.6 is 0 Å². The van der Waals surface area contributed by atoms with Gasteiger partial charge in [-0.3, -0.25) is 4.90 Å². The van der Waals surface area contributed by atoms with Crippen LogP contribution in [0.5, 0.6) is 5.75 Å². The molecule has 2 heterocycles. The summed E-state index contributed by atoms with van der Waals surface area (Å²) >= 11 is 0. The van der Waals surface area contributed by atoms with Crippen LogP contribution in [0.2, 0.25) is 0 Å². The fraction of sp³-hybridized carbons (Fsp3) is 0.444. The zero-order valence-corrected chi connectivity index (χ0v) is 13.1. The Labute approximate surface area is 132 Å². The number of furan rings is 1. The molecule has 118 valence electrons. The zero-order chi connectivity index (χ0) is 15.2. The van der Waals surface area contributed by atoms with Gasteiger partial charge in [0.25, 0.3) is 0 Å². The lowest BCUT2D eigenvalue weighted by molar-refractivity contribution is 0.210. The lowest BCUT2D eigenvalue weighted by Gasteiger charge is -2.30. The van der Waals surface area contributed by atoms with E-state index in [1.54, 1.807) is 6.26 Å². The predicted octanol–water partition coefficient (Wildman–Crippen LogP) is 3.06. The monoisotopic (exact) mass is 300 g/mol. The number of hydrogen-bond acceptors (Lipinski definition) is 4. The van der Waals surface area contributed by atoms with Crippen molar-refractivity contribution in [2.75, 3.05) is 32.8 Å². The summed E-state index contributed by atoms with van der Waals surface area (Å²) in [5.41, 5.74) is 1.18. The van der Waals surface area contributed by atoms with Gasteiger partial charge in [-0.1, -0.05) is 18.2 Å². The number of rotatable bonds is 5. The van der Waals surface area contributed by atoms with Gasteiger partial charge in [0.15, 0.2) is 0 Å². The maximum absolute atomic E-state index is 5.85. The van der Waals surface area contributed by atoms with Crippen LogP contribution in [0.4, 0.5) is 0 Å². The molecule has 1 aliphatic heterocycles. The molecular weight excluding hydrogens is 276 g/mol. The van der Waals surface area contributed by atoms with Crippen molar-refractivity contribution in [1.29, 1.82) is 0 Å². The number of nitrogens with one attached hydrogen (secondary N) is 1. The molecule has 0 aliphatic carbocycles. The Balaban J connectivity index is 1.98. The van der Waals surface area contributed by atoms with Crippen molar-refractivity contribution in [3.8, 4) is 5.75 Å². The van der Waals surface area contributed by atoms with Gasteiger partial charge in [-0.05, 0) is 38.1 Å². The second kappa shape index (κ2) is 7.47. The Bertz CT molecular complexity index is 560. The molecule has 1 aromatic heterocycles. The summed E-state index contributed by atoms with van der Waals surface area (Å²) in [5.74, 6) is 1.93. The van der Waals surface area contributed by atoms with Crippen molar-refractivity contribution >= 4 is 0 Å². The summed E-state index contributed by atoms with van der Waals surface area (Å²) in [4.78, 5) is 2.48. The molecule has 1 aliphatic rings. The highest BCUT2D eigenvalue weighted by molar-refractivity contribution is 5.39. The first kappa shape index (κ1) is 15.1. The van der Waals surface area contributed by atoms with Crippen molar-refractivity contribution in [3.05, 3.63) is 54.0 Å². The smallest absolute Gasteiger partial charge is 0.125 e. The number of hydrogen-bond donors (Lipinski definition) is 1. The molecular formula is C18H24N2O2. The van der Waals surface area contributed by atoms with Gasteiger partial charge in [0.05, 0.1) is 18.9 Å². The van der Waals surface area contributed by atoms with Crippen LogP contribution in [-0.4, -0.2) is 37.7 Å². The van der Waals surface area contributed by atoms with Crippen molar-refractivity contribution in [2.24, 2.45) is 0 Å². The summed E-state index contributed by atoms with van der Waals surface area (Å²) in [5, 5.41) is 3.47. The summed E-state index contributed by atoms with van der Waals surface area (Å²) in [7, 11) is 0. The van der Waals surface area contributed by atoms with Gasteiger partial charge in [-0.2, -0.15) is 0 Å². The molecule has 0 radical (unpaired) electrons. The zero-order valence-electron chi connectivity index (χ0n) is 13.1. The maximum Gasteiger partial charge on any atom is 0.125 e. The third kappa shape index (κ3) is 3.34. The second-order valence-electron chi connectivity index (χ2n) is 5.53. The first-order chi connectivity index (χ1) is 10.9. The van der Waals surface area contributed by atoms with E-state index in [-0.39, 0.29) is 6.04 Å². The Morgan fingerprint density at radius 3 is 2.91 bits per heavy atom. The van der Waals surface area contributed by atoms with Crippen LogP contribution in [0.25, 0.3) is 0 Å². The minimum absolute atomic E-state index is 0.109. The van der Waals surface area contributed by atoms with Gasteiger partial charge >= 0.3 is 0 Å². The fourth-order valence-corrected chi connectivity index (χ4v) is 3.09. The topological polar surface area (TPSA) is 37.6 Å². The van der Waals surface area contributed by atoms with E-state index >= 15 is 0 Å². The highest BCUT2D eigenvalue weighted by Gasteiger charge is 2.27. The predicted molar refractivity (Wildman–Crippen MR) is 87.2 cm³/mol. The largest absolute Gasteiger partial charge is 0.494 e. The van der Waals surface area contributed by atoms with Crippen LogP contribution in [0.15, 0.2) is 47.1 Å². The Morgan fingerprint density at radius 1 is 1.18 bits per heavy atom. The van der Waals surface area contributed by atoms with Crippen molar-refractivity contribution in [3.63, 3.8) is 0 Å². The highest BCUT2D eigenvalue weighted by Crippen LogP contribution is 2.35. The van der Waals surface area contributed by atoms with E-state index in [0.717, 1.165) is 44.1 Å². The van der Waals surface area contributed by atoms with Crippen molar-refractivity contribution in [2.45, 2.75) is 19.4 Å². The van der Waals surface area contributed by atoms with E-state index in [2.05, 4.69) is 28.4 Å². The lowest BCUT2D eigenvalue weighted by Crippen LogP contribution is -2.33. The van der Waals surface area contributed by atoms with Crippen molar-refractivity contribution in [1.82, 2.24) is 10.2 Å². The van der Waals surface area contributed by atoms with Gasteiger partial charge in [-0.25, -0.2) is 0 Å². The number of para-hydroxylation sites is 1. The maximum atomic E-state index is 5.85. The van der Waals surface area contributed by atoms with Crippen molar-refractivity contribution < 1.29 is 9.15 Å². The SMILES string of the molecule is CCOc1ccccc1C(c1ccco1)N1CCCNCC1. The Morgan fingerprint density at radius 2 is 2.09 bits per heavy atom. The quantitative estimate of drug-likeness (QED) is 0.921. The molecule has 0 spiro atoms. The summed E-state index contributed by atoms with van der Waals surface area (Å²) in [6.45, 7) is 6.84. The average molecular weight is 300 g/mol. The van der Waals surface area contributed by atoms with Crippen LogP contribution in [0, 0.1) is 0 Å². The highest BCUT2D eigenvalue weighted by atomic mass is 16.5. The van der Waals surface area contributed by atoms with Crippen LogP contribution in [-0.2, 0) is 0 Å². The van der Waals surface area contributed by atoms with Gasteiger partial charge in [0.2, 0.25) is 0 Å². The molecule has 0 saturated carbocycles. The van der Waals surface area contributed by atoms with E-state index in [4.69, 9.17) is 9.15 Å². The van der Waals surface area contributed by atoms with E-state index in [0.29, 0.717) is 6.61 Å². The normalized spacial score (nSPS) is 17.9.